The van der Waals surface area contributed by atoms with Crippen LogP contribution in [0.5, 0.6) is 0 Å². The minimum absolute atomic E-state index is 0. The van der Waals surface area contributed by atoms with Crippen molar-refractivity contribution in [2.24, 2.45) is 0 Å². The number of hydrogen-bond acceptors (Lipinski definition) is 11. The fraction of sp³-hybridized carbons (Fsp3) is 0.604. The monoisotopic (exact) mass is 2990 g/mol. The molecule has 0 spiro atoms. The number of pyridine rings is 2. The summed E-state index contributed by atoms with van der Waals surface area (Å²) < 4.78 is 0. The topological polar surface area (TPSA) is 142 Å². The first-order valence-corrected chi connectivity index (χ1v) is 45.0. The Kier molecular flexibility index (Phi) is 168. The summed E-state index contributed by atoms with van der Waals surface area (Å²) in [4.78, 5) is 43.3. The van der Waals surface area contributed by atoms with Crippen molar-refractivity contribution < 1.29 is 147 Å². The molecule has 2 aromatic carbocycles. The largest absolute Gasteiger partial charge is 2.00 e. The molecule has 0 bridgehead atoms. The molecule has 6 aromatic heterocycles. The van der Waals surface area contributed by atoms with Gasteiger partial charge in [-0.25, -0.2) is 0 Å². The summed E-state index contributed by atoms with van der Waals surface area (Å²) in [5, 5.41) is 0. The molecular formula is C111H199BN11W7. The zero-order valence-corrected chi connectivity index (χ0v) is 115. The number of aromatic nitrogens is 11. The van der Waals surface area contributed by atoms with E-state index in [0.717, 1.165) is 28.7 Å². The van der Waals surface area contributed by atoms with E-state index in [1.54, 1.807) is 37.1 Å². The first-order valence-electron chi connectivity index (χ1n) is 45.0. The van der Waals surface area contributed by atoms with Gasteiger partial charge in [0.2, 0.25) is 0 Å². The van der Waals surface area contributed by atoms with Crippen molar-refractivity contribution in [2.75, 3.05) is 0 Å². The van der Waals surface area contributed by atoms with Gasteiger partial charge in [-0.1, -0.05) is 372 Å². The summed E-state index contributed by atoms with van der Waals surface area (Å²) in [7, 11) is 0. The van der Waals surface area contributed by atoms with Crippen molar-refractivity contribution in [2.45, 2.75) is 451 Å². The van der Waals surface area contributed by atoms with E-state index in [4.69, 9.17) is 0 Å². The Labute approximate surface area is 917 Å². The molecule has 6 heterocycles. The van der Waals surface area contributed by atoms with E-state index < -0.39 is 0 Å². The maximum atomic E-state index is 4.12. The molecule has 0 amide bonds. The maximum Gasteiger partial charge on any atom is 2.00 e. The quantitative estimate of drug-likeness (QED) is 0.114. The van der Waals surface area contributed by atoms with E-state index in [9.17, 15) is 0 Å². The molecule has 19 heteroatoms. The molecule has 8 rings (SSSR count). The Bertz CT molecular complexity index is 2750. The normalized spacial score (nSPS) is 9.25. The minimum atomic E-state index is -0.000556. The van der Waals surface area contributed by atoms with Crippen molar-refractivity contribution in [3.8, 4) is 0 Å². The average molecular weight is 2990 g/mol. The van der Waals surface area contributed by atoms with Crippen LogP contribution in [-0.4, -0.2) is 63.2 Å². The van der Waals surface area contributed by atoms with Crippen LogP contribution in [0.4, 0.5) is 0 Å². The summed E-state index contributed by atoms with van der Waals surface area (Å²) >= 11 is 0. The van der Waals surface area contributed by atoms with Gasteiger partial charge in [0.05, 0.1) is 0 Å². The van der Waals surface area contributed by atoms with Gasteiger partial charge in [0.25, 0.3) is 0 Å². The zero-order chi connectivity index (χ0) is 99.8. The number of rotatable bonds is 1. The van der Waals surface area contributed by atoms with Crippen LogP contribution >= 0.6 is 0 Å². The summed E-state index contributed by atoms with van der Waals surface area (Å²) in [6.45, 7) is 121. The Balaban J connectivity index is -0.0000000482. The molecule has 0 N–H and O–H groups in total. The van der Waals surface area contributed by atoms with Gasteiger partial charge in [-0.05, 0) is 56.0 Å². The van der Waals surface area contributed by atoms with Crippen molar-refractivity contribution in [1.82, 2.24) is 54.8 Å². The van der Waals surface area contributed by atoms with E-state index in [0.29, 0.717) is 5.92 Å². The third-order valence-corrected chi connectivity index (χ3v) is 11.8. The molecular weight excluding hydrogens is 2780 g/mol. The first-order chi connectivity index (χ1) is 56.3. The molecule has 743 valence electrons. The molecule has 0 atom stereocenters. The summed E-state index contributed by atoms with van der Waals surface area (Å²) in [5.41, 5.74) is 9.70. The molecule has 8 aromatic rings. The van der Waals surface area contributed by atoms with Gasteiger partial charge in [-0.15, -0.1) is 23.9 Å². The number of hydrogen-bond donors (Lipinski definition) is 0. The third-order valence-electron chi connectivity index (χ3n) is 11.8. The molecule has 0 saturated heterocycles. The van der Waals surface area contributed by atoms with Crippen LogP contribution in [0.2, 0.25) is 0 Å². The second-order valence-electron chi connectivity index (χ2n) is 36.1. The van der Waals surface area contributed by atoms with Gasteiger partial charge < -0.3 is 97.8 Å². The van der Waals surface area contributed by atoms with E-state index in [1.165, 1.54) is 52.3 Å². The number of nitrogens with zero attached hydrogens (tertiary/aromatic N) is 11. The van der Waals surface area contributed by atoms with Crippen LogP contribution in [0.1, 0.15) is 458 Å². The molecule has 130 heavy (non-hydrogen) atoms. The van der Waals surface area contributed by atoms with Gasteiger partial charge in [0, 0.05) is 39.0 Å². The van der Waals surface area contributed by atoms with Crippen LogP contribution in [0.15, 0.2) is 128 Å². The average Bonchev–Trinajstić information content (AvgIpc) is 0.823. The van der Waals surface area contributed by atoms with Crippen LogP contribution in [0.3, 0.4) is 0 Å². The fourth-order valence-electron chi connectivity index (χ4n) is 6.26. The zero-order valence-electron chi connectivity index (χ0n) is 94.8. The smallest absolute Gasteiger partial charge is 0.452 e. The van der Waals surface area contributed by atoms with Gasteiger partial charge in [0.1, 0.15) is 0 Å². The summed E-state index contributed by atoms with van der Waals surface area (Å²) in [6.07, 6.45) is 32.2. The molecule has 0 aliphatic heterocycles. The van der Waals surface area contributed by atoms with Crippen LogP contribution < -0.4 is 0 Å². The molecule has 11 nitrogen and oxygen atoms in total. The minimum Gasteiger partial charge on any atom is -0.452 e. The number of benzene rings is 2. The summed E-state index contributed by atoms with van der Waals surface area (Å²) in [5.74, 6) is 7.92. The predicted octanol–water partition coefficient (Wildman–Crippen LogP) is 33.9. The Morgan fingerprint density at radius 1 is 0.308 bits per heavy atom. The third kappa shape index (κ3) is 146. The van der Waals surface area contributed by atoms with Crippen molar-refractivity contribution in [3.63, 3.8) is 0 Å². The van der Waals surface area contributed by atoms with Gasteiger partial charge >= 0.3 is 147 Å². The molecule has 0 saturated carbocycles. The predicted molar refractivity (Wildman–Crippen MR) is 556 cm³/mol. The van der Waals surface area contributed by atoms with Gasteiger partial charge in [0.15, 0.2) is 0 Å². The van der Waals surface area contributed by atoms with E-state index >= 15 is 0 Å². The van der Waals surface area contributed by atoms with Crippen LogP contribution in [0, 0.1) is 86.4 Å². The van der Waals surface area contributed by atoms with Gasteiger partial charge in [-0.3, -0.25) is 0 Å². The van der Waals surface area contributed by atoms with Crippen molar-refractivity contribution >= 4 is 8.41 Å². The maximum absolute atomic E-state index is 4.12. The molecule has 0 fully saturated rings. The Morgan fingerprint density at radius 3 is 0.831 bits per heavy atom. The molecule has 0 aliphatic rings. The Morgan fingerprint density at radius 2 is 0.638 bits per heavy atom. The fourth-order valence-corrected chi connectivity index (χ4v) is 6.26. The molecule has 0 unspecified atom stereocenters. The van der Waals surface area contributed by atoms with Crippen LogP contribution in [0.25, 0.3) is 0 Å². The van der Waals surface area contributed by atoms with E-state index in [-0.39, 0.29) is 199 Å². The first kappa shape index (κ1) is 184. The Hall–Kier alpha value is -2.13. The van der Waals surface area contributed by atoms with E-state index in [2.05, 4.69) is 392 Å². The SMILES string of the molecule is CC.CC.CC.CC.CC.CC.CC.CC(C)(C)c1c[c-]ncc1.CC(C)(C)c1ccc[c-]n1.CC(C)(C)c1cccc(C(C)(C)C)c1.CC(C)(C)c1ccn[c-]n1.CC(C)(C)c1cnc[c-]n1.CC(C)(C)c1n[c-]ccn1.CC(C)(C)c1n[c-]ncn1.CC(C)c1c[c-]ccc1.C[C-](C)C.C[C-](C)C.C[C-](C)C.C[C-](C)C.C[CH-]C.C[CH-]C.C[CH-]C.[B].[W+2].[W+2].[W+2].[W+2].[W+2].[W+2].[W+2]. The standard InChI is InChI=1S/C14H22.2C9H12N.C9H11.3C8H11N2.C7H10N3.4C4H9.3C3H7.7C2H6.B.7W/c1-13(2,3)11-8-7-9-12(10-11)14(4,5)6;1-9(2,3)8-4-6-10-7-5-8;1-9(2,3)8-6-4-5-7-10-8;1-8(2)9-6-4-3-5-7-9;1-8(2,3)7-6-9-4-5-10-7;1-8(2,3)7-4-5-9-6-10-7;1-8(2,3)7-9-5-4-6-10-7;1-7(2,3)6-9-4-8-5-10-6;4*1-4(2)3;3*1-3-2;7*1-2;;;;;;;;/h7-10H,1-6H3;2*4-6H,1-3H3;3-4,6-8H,1-2H3;4,6H,1-3H3;2*4-5H,1-3H3;4H,1-3H3;4*1-3H3;3*3H,1-2H3;7*1-2H3;;;;;;;;/q;14*-1;;;;;;;;;7*+2. The van der Waals surface area contributed by atoms with Crippen molar-refractivity contribution in [1.29, 1.82) is 0 Å². The van der Waals surface area contributed by atoms with Crippen LogP contribution in [-0.2, 0) is 191 Å². The van der Waals surface area contributed by atoms with E-state index in [1.807, 2.05) is 212 Å². The van der Waals surface area contributed by atoms with Gasteiger partial charge in [-0.2, -0.15) is 191 Å². The molecule has 3 radical (unpaired) electrons. The van der Waals surface area contributed by atoms with Crippen molar-refractivity contribution in [3.05, 3.63) is 266 Å². The summed E-state index contributed by atoms with van der Waals surface area (Å²) in [6, 6.07) is 33.5. The second-order valence-corrected chi connectivity index (χ2v) is 36.1. The second kappa shape index (κ2) is 119. The molecule has 0 aliphatic carbocycles.